The van der Waals surface area contributed by atoms with Gasteiger partial charge in [-0.15, -0.1) is 10.2 Å². The van der Waals surface area contributed by atoms with Gasteiger partial charge >= 0.3 is 12.4 Å². The summed E-state index contributed by atoms with van der Waals surface area (Å²) in [5.74, 6) is -1.59. The van der Waals surface area contributed by atoms with E-state index in [4.69, 9.17) is 0 Å². The second-order valence-corrected chi connectivity index (χ2v) is 3.86. The van der Waals surface area contributed by atoms with E-state index in [-0.39, 0.29) is 18.9 Å². The lowest BCUT2D eigenvalue weighted by Crippen LogP contribution is -2.37. The molecule has 18 heavy (non-hydrogen) atoms. The number of nitrogens with zero attached hydrogens (tertiary/aromatic N) is 3. The molecule has 4 nitrogen and oxygen atoms in total. The fourth-order valence-corrected chi connectivity index (χ4v) is 1.84. The summed E-state index contributed by atoms with van der Waals surface area (Å²) in [5, 5.41) is 8.64. The first kappa shape index (κ1) is 13.1. The molecule has 10 heteroatoms. The Hall–Kier alpha value is -1.32. The third-order valence-electron chi connectivity index (χ3n) is 2.51. The Labute approximate surface area is 97.0 Å². The van der Waals surface area contributed by atoms with Crippen molar-refractivity contribution in [3.05, 3.63) is 11.6 Å². The van der Waals surface area contributed by atoms with Crippen LogP contribution in [0.3, 0.4) is 0 Å². The number of hydrogen-bond acceptors (Lipinski definition) is 3. The van der Waals surface area contributed by atoms with Crippen LogP contribution in [0, 0.1) is 0 Å². The first-order chi connectivity index (χ1) is 8.18. The van der Waals surface area contributed by atoms with E-state index in [0.29, 0.717) is 4.57 Å². The minimum absolute atomic E-state index is 0.00880. The maximum atomic E-state index is 12.5. The standard InChI is InChI=1S/C8H8F6N4/c9-7(10,11)3-4-5-16-17-6(8(12,13)14)18(5)2-1-15-4/h4,15H,1-3H2. The van der Waals surface area contributed by atoms with Crippen molar-refractivity contribution in [2.24, 2.45) is 0 Å². The minimum Gasteiger partial charge on any atom is -0.305 e. The van der Waals surface area contributed by atoms with Crippen molar-refractivity contribution in [2.75, 3.05) is 6.54 Å². The molecule has 102 valence electrons. The van der Waals surface area contributed by atoms with Crippen LogP contribution in [-0.2, 0) is 12.7 Å². The summed E-state index contributed by atoms with van der Waals surface area (Å²) in [5.41, 5.74) is 0. The summed E-state index contributed by atoms with van der Waals surface area (Å²) in [6, 6.07) is -1.29. The fraction of sp³-hybridized carbons (Fsp3) is 0.750. The summed E-state index contributed by atoms with van der Waals surface area (Å²) in [7, 11) is 0. The Morgan fingerprint density at radius 2 is 1.83 bits per heavy atom. The Morgan fingerprint density at radius 1 is 1.17 bits per heavy atom. The fourth-order valence-electron chi connectivity index (χ4n) is 1.84. The smallest absolute Gasteiger partial charge is 0.305 e. The molecular weight excluding hydrogens is 266 g/mol. The van der Waals surface area contributed by atoms with Crippen LogP contribution in [0.5, 0.6) is 0 Å². The van der Waals surface area contributed by atoms with Crippen molar-refractivity contribution in [3.8, 4) is 0 Å². The van der Waals surface area contributed by atoms with Crippen molar-refractivity contribution in [2.45, 2.75) is 31.4 Å². The minimum atomic E-state index is -4.72. The van der Waals surface area contributed by atoms with E-state index in [2.05, 4.69) is 15.5 Å². The highest BCUT2D eigenvalue weighted by Gasteiger charge is 2.42. The molecule has 2 rings (SSSR count). The van der Waals surface area contributed by atoms with Gasteiger partial charge in [-0.1, -0.05) is 0 Å². The summed E-state index contributed by atoms with van der Waals surface area (Å²) in [6.45, 7) is -0.0968. The number of alkyl halides is 6. The van der Waals surface area contributed by atoms with Crippen LogP contribution < -0.4 is 5.32 Å². The van der Waals surface area contributed by atoms with E-state index < -0.39 is 30.6 Å². The maximum absolute atomic E-state index is 12.5. The molecule has 0 fully saturated rings. The largest absolute Gasteiger partial charge is 0.451 e. The molecule has 1 aliphatic rings. The summed E-state index contributed by atoms with van der Waals surface area (Å²) in [4.78, 5) is 0. The number of hydrogen-bond donors (Lipinski definition) is 1. The van der Waals surface area contributed by atoms with Gasteiger partial charge in [0, 0.05) is 13.1 Å². The molecule has 2 heterocycles. The maximum Gasteiger partial charge on any atom is 0.451 e. The van der Waals surface area contributed by atoms with Crippen LogP contribution in [0.15, 0.2) is 0 Å². The average molecular weight is 274 g/mol. The number of aromatic nitrogens is 3. The van der Waals surface area contributed by atoms with Gasteiger partial charge in [0.15, 0.2) is 5.82 Å². The first-order valence-corrected chi connectivity index (χ1v) is 4.99. The van der Waals surface area contributed by atoms with Crippen molar-refractivity contribution in [1.82, 2.24) is 20.1 Å². The summed E-state index contributed by atoms with van der Waals surface area (Å²) >= 11 is 0. The quantitative estimate of drug-likeness (QED) is 0.795. The van der Waals surface area contributed by atoms with Gasteiger partial charge in [0.2, 0.25) is 5.82 Å². The number of fused-ring (bicyclic) bond motifs is 1. The summed E-state index contributed by atoms with van der Waals surface area (Å²) in [6.07, 6.45) is -10.5. The molecule has 0 bridgehead atoms. The normalized spacial score (nSPS) is 20.9. The molecule has 1 N–H and O–H groups in total. The SMILES string of the molecule is FC(F)(F)CC1NCCn2c1nnc2C(F)(F)F. The number of rotatable bonds is 1. The molecule has 0 saturated carbocycles. The Bertz CT molecular complexity index is 434. The topological polar surface area (TPSA) is 42.7 Å². The van der Waals surface area contributed by atoms with Gasteiger partial charge in [0.25, 0.3) is 0 Å². The Kier molecular flexibility index (Phi) is 2.99. The lowest BCUT2D eigenvalue weighted by Gasteiger charge is -2.25. The van der Waals surface area contributed by atoms with Crippen LogP contribution in [0.25, 0.3) is 0 Å². The van der Waals surface area contributed by atoms with Crippen LogP contribution in [0.1, 0.15) is 24.1 Å². The predicted molar refractivity (Wildman–Crippen MR) is 46.4 cm³/mol. The van der Waals surface area contributed by atoms with Gasteiger partial charge in [-0.25, -0.2) is 0 Å². The molecule has 1 aromatic rings. The zero-order valence-electron chi connectivity index (χ0n) is 8.81. The molecule has 1 unspecified atom stereocenters. The lowest BCUT2D eigenvalue weighted by molar-refractivity contribution is -0.148. The van der Waals surface area contributed by atoms with Gasteiger partial charge in [0.05, 0.1) is 12.5 Å². The van der Waals surface area contributed by atoms with Gasteiger partial charge in [-0.05, 0) is 0 Å². The third-order valence-corrected chi connectivity index (χ3v) is 2.51. The van der Waals surface area contributed by atoms with Crippen LogP contribution in [0.4, 0.5) is 26.3 Å². The van der Waals surface area contributed by atoms with E-state index in [9.17, 15) is 26.3 Å². The molecule has 0 amide bonds. The van der Waals surface area contributed by atoms with Crippen molar-refractivity contribution in [3.63, 3.8) is 0 Å². The number of halogens is 6. The molecule has 0 aliphatic carbocycles. The van der Waals surface area contributed by atoms with E-state index in [1.54, 1.807) is 0 Å². The van der Waals surface area contributed by atoms with Crippen LogP contribution in [0.2, 0.25) is 0 Å². The molecule has 0 radical (unpaired) electrons. The Morgan fingerprint density at radius 3 is 2.39 bits per heavy atom. The zero-order chi connectivity index (χ0) is 13.6. The van der Waals surface area contributed by atoms with E-state index in [0.717, 1.165) is 0 Å². The number of nitrogens with one attached hydrogen (secondary N) is 1. The van der Waals surface area contributed by atoms with E-state index >= 15 is 0 Å². The monoisotopic (exact) mass is 274 g/mol. The van der Waals surface area contributed by atoms with Crippen LogP contribution in [-0.4, -0.2) is 27.5 Å². The van der Waals surface area contributed by atoms with Crippen molar-refractivity contribution >= 4 is 0 Å². The molecule has 1 aromatic heterocycles. The molecule has 1 aliphatic heterocycles. The molecule has 0 saturated heterocycles. The van der Waals surface area contributed by atoms with Crippen molar-refractivity contribution < 1.29 is 26.3 Å². The molecule has 1 atom stereocenters. The highest BCUT2D eigenvalue weighted by atomic mass is 19.4. The lowest BCUT2D eigenvalue weighted by atomic mass is 10.1. The van der Waals surface area contributed by atoms with Gasteiger partial charge in [-0.3, -0.25) is 0 Å². The molecule has 0 aromatic carbocycles. The second-order valence-electron chi connectivity index (χ2n) is 3.86. The predicted octanol–water partition coefficient (Wildman–Crippen LogP) is 1.89. The highest BCUT2D eigenvalue weighted by molar-refractivity contribution is 5.07. The molecular formula is C8H8F6N4. The van der Waals surface area contributed by atoms with E-state index in [1.807, 2.05) is 0 Å². The highest BCUT2D eigenvalue weighted by Crippen LogP contribution is 2.34. The van der Waals surface area contributed by atoms with Gasteiger partial charge in [-0.2, -0.15) is 26.3 Å². The van der Waals surface area contributed by atoms with E-state index in [1.165, 1.54) is 0 Å². The van der Waals surface area contributed by atoms with Crippen LogP contribution >= 0.6 is 0 Å². The summed E-state index contributed by atoms with van der Waals surface area (Å²) < 4.78 is 75.0. The van der Waals surface area contributed by atoms with Gasteiger partial charge in [0.1, 0.15) is 0 Å². The third kappa shape index (κ3) is 2.57. The molecule has 0 spiro atoms. The Balaban J connectivity index is 2.32. The zero-order valence-corrected chi connectivity index (χ0v) is 8.81. The second kappa shape index (κ2) is 4.11. The van der Waals surface area contributed by atoms with Crippen molar-refractivity contribution in [1.29, 1.82) is 0 Å². The average Bonchev–Trinajstić information content (AvgIpc) is 2.58. The first-order valence-electron chi connectivity index (χ1n) is 4.99. The van der Waals surface area contributed by atoms with Gasteiger partial charge < -0.3 is 9.88 Å².